The van der Waals surface area contributed by atoms with Gasteiger partial charge in [0.05, 0.1) is 0 Å². The Balaban J connectivity index is 1.82. The molecule has 0 amide bonds. The number of hydrogen-bond donors (Lipinski definition) is 0. The summed E-state index contributed by atoms with van der Waals surface area (Å²) in [6.45, 7) is 11.3. The number of aromatic nitrogens is 2. The molecule has 3 heteroatoms. The first-order chi connectivity index (χ1) is 10.6. The number of rotatable bonds is 4. The summed E-state index contributed by atoms with van der Waals surface area (Å²) in [6.07, 6.45) is 4.64. The standard InChI is InChI=1S/C19H27N3/c1-14(2)13-21-11-5-6-18(21)17-9-10-19(20-12-17)22-15(3)7-8-16(22)4/h7-10,12,14,18H,5-6,11,13H2,1-4H3/t18-/m1/s1. The predicted molar refractivity (Wildman–Crippen MR) is 91.4 cm³/mol. The average Bonchev–Trinajstić information content (AvgIpc) is 3.06. The molecule has 0 unspecified atom stereocenters. The van der Waals surface area contributed by atoms with Crippen LogP contribution in [0, 0.1) is 19.8 Å². The van der Waals surface area contributed by atoms with Crippen molar-refractivity contribution in [3.8, 4) is 5.82 Å². The lowest BCUT2D eigenvalue weighted by Gasteiger charge is -2.26. The van der Waals surface area contributed by atoms with E-state index in [4.69, 9.17) is 4.98 Å². The van der Waals surface area contributed by atoms with Crippen LogP contribution in [-0.2, 0) is 0 Å². The van der Waals surface area contributed by atoms with Crippen LogP contribution in [0.25, 0.3) is 5.82 Å². The average molecular weight is 297 g/mol. The third kappa shape index (κ3) is 2.95. The molecule has 1 saturated heterocycles. The van der Waals surface area contributed by atoms with Crippen molar-refractivity contribution in [3.05, 3.63) is 47.4 Å². The zero-order valence-electron chi connectivity index (χ0n) is 14.2. The van der Waals surface area contributed by atoms with Gasteiger partial charge in [-0.3, -0.25) is 4.90 Å². The van der Waals surface area contributed by atoms with Crippen molar-refractivity contribution in [2.45, 2.75) is 46.6 Å². The van der Waals surface area contributed by atoms with Crippen LogP contribution in [0.5, 0.6) is 0 Å². The molecular formula is C19H27N3. The molecule has 0 saturated carbocycles. The lowest BCUT2D eigenvalue weighted by molar-refractivity contribution is 0.228. The van der Waals surface area contributed by atoms with Gasteiger partial charge in [0.15, 0.2) is 0 Å². The quantitative estimate of drug-likeness (QED) is 0.839. The van der Waals surface area contributed by atoms with Crippen molar-refractivity contribution < 1.29 is 0 Å². The van der Waals surface area contributed by atoms with Crippen LogP contribution in [0.2, 0.25) is 0 Å². The molecular weight excluding hydrogens is 270 g/mol. The van der Waals surface area contributed by atoms with E-state index in [1.807, 2.05) is 0 Å². The SMILES string of the molecule is Cc1ccc(C)n1-c1ccc([C@H]2CCCN2CC(C)C)cn1. The van der Waals surface area contributed by atoms with Gasteiger partial charge >= 0.3 is 0 Å². The molecule has 0 radical (unpaired) electrons. The Kier molecular flexibility index (Phi) is 4.34. The molecule has 0 bridgehead atoms. The molecule has 1 aliphatic rings. The molecule has 0 spiro atoms. The van der Waals surface area contributed by atoms with E-state index in [9.17, 15) is 0 Å². The van der Waals surface area contributed by atoms with E-state index in [0.717, 1.165) is 11.7 Å². The molecule has 2 aromatic heterocycles. The van der Waals surface area contributed by atoms with Gasteiger partial charge < -0.3 is 4.57 Å². The fraction of sp³-hybridized carbons (Fsp3) is 0.526. The number of nitrogens with zero attached hydrogens (tertiary/aromatic N) is 3. The first-order valence-corrected chi connectivity index (χ1v) is 8.41. The number of aryl methyl sites for hydroxylation is 2. The summed E-state index contributed by atoms with van der Waals surface area (Å²) in [6, 6.07) is 9.28. The summed E-state index contributed by atoms with van der Waals surface area (Å²) >= 11 is 0. The summed E-state index contributed by atoms with van der Waals surface area (Å²) in [4.78, 5) is 7.36. The molecule has 1 fully saturated rings. The highest BCUT2D eigenvalue weighted by Gasteiger charge is 2.26. The molecule has 22 heavy (non-hydrogen) atoms. The predicted octanol–water partition coefficient (Wildman–Crippen LogP) is 4.28. The van der Waals surface area contributed by atoms with Gasteiger partial charge in [-0.05, 0) is 62.9 Å². The lowest BCUT2D eigenvalue weighted by atomic mass is 10.1. The van der Waals surface area contributed by atoms with Crippen LogP contribution < -0.4 is 0 Å². The van der Waals surface area contributed by atoms with Crippen LogP contribution in [0.15, 0.2) is 30.5 Å². The highest BCUT2D eigenvalue weighted by Crippen LogP contribution is 2.32. The van der Waals surface area contributed by atoms with Gasteiger partial charge in [0.1, 0.15) is 5.82 Å². The maximum atomic E-state index is 4.74. The van der Waals surface area contributed by atoms with E-state index < -0.39 is 0 Å². The maximum Gasteiger partial charge on any atom is 0.136 e. The Labute approximate surface area is 134 Å². The Morgan fingerprint density at radius 1 is 1.14 bits per heavy atom. The Morgan fingerprint density at radius 3 is 2.45 bits per heavy atom. The zero-order valence-corrected chi connectivity index (χ0v) is 14.2. The first-order valence-electron chi connectivity index (χ1n) is 8.41. The van der Waals surface area contributed by atoms with Crippen molar-refractivity contribution in [3.63, 3.8) is 0 Å². The van der Waals surface area contributed by atoms with Gasteiger partial charge in [-0.1, -0.05) is 19.9 Å². The number of hydrogen-bond acceptors (Lipinski definition) is 2. The highest BCUT2D eigenvalue weighted by molar-refractivity contribution is 5.33. The van der Waals surface area contributed by atoms with Crippen molar-refractivity contribution >= 4 is 0 Å². The summed E-state index contributed by atoms with van der Waals surface area (Å²) < 4.78 is 2.21. The molecule has 3 heterocycles. The van der Waals surface area contributed by atoms with Crippen LogP contribution in [0.3, 0.4) is 0 Å². The van der Waals surface area contributed by atoms with E-state index in [1.165, 1.54) is 42.9 Å². The molecule has 3 rings (SSSR count). The fourth-order valence-corrected chi connectivity index (χ4v) is 3.65. The van der Waals surface area contributed by atoms with Crippen molar-refractivity contribution in [1.29, 1.82) is 0 Å². The normalized spacial score (nSPS) is 19.2. The minimum atomic E-state index is 0.552. The molecule has 0 aromatic carbocycles. The van der Waals surface area contributed by atoms with Crippen molar-refractivity contribution in [1.82, 2.24) is 14.5 Å². The molecule has 0 aliphatic carbocycles. The maximum absolute atomic E-state index is 4.74. The second-order valence-electron chi connectivity index (χ2n) is 6.95. The molecule has 1 atom stereocenters. The van der Waals surface area contributed by atoms with Gasteiger partial charge in [0.2, 0.25) is 0 Å². The number of pyridine rings is 1. The van der Waals surface area contributed by atoms with Crippen LogP contribution >= 0.6 is 0 Å². The third-order valence-corrected chi connectivity index (χ3v) is 4.62. The van der Waals surface area contributed by atoms with Gasteiger partial charge in [-0.25, -0.2) is 4.98 Å². The molecule has 3 nitrogen and oxygen atoms in total. The van der Waals surface area contributed by atoms with E-state index in [1.54, 1.807) is 0 Å². The summed E-state index contributed by atoms with van der Waals surface area (Å²) in [7, 11) is 0. The van der Waals surface area contributed by atoms with E-state index in [2.05, 4.69) is 67.6 Å². The van der Waals surface area contributed by atoms with E-state index in [-0.39, 0.29) is 0 Å². The monoisotopic (exact) mass is 297 g/mol. The molecule has 2 aromatic rings. The smallest absolute Gasteiger partial charge is 0.136 e. The van der Waals surface area contributed by atoms with Crippen LogP contribution in [-0.4, -0.2) is 27.5 Å². The fourth-order valence-electron chi connectivity index (χ4n) is 3.65. The van der Waals surface area contributed by atoms with Gasteiger partial charge in [0, 0.05) is 30.2 Å². The Hall–Kier alpha value is -1.61. The largest absolute Gasteiger partial charge is 0.303 e. The Bertz CT molecular complexity index is 605. The second-order valence-corrected chi connectivity index (χ2v) is 6.95. The van der Waals surface area contributed by atoms with Gasteiger partial charge in [-0.2, -0.15) is 0 Å². The number of likely N-dealkylation sites (tertiary alicyclic amines) is 1. The molecule has 0 N–H and O–H groups in total. The minimum Gasteiger partial charge on any atom is -0.303 e. The molecule has 118 valence electrons. The lowest BCUT2D eigenvalue weighted by Crippen LogP contribution is -2.27. The van der Waals surface area contributed by atoms with Crippen molar-refractivity contribution in [2.24, 2.45) is 5.92 Å². The van der Waals surface area contributed by atoms with E-state index in [0.29, 0.717) is 6.04 Å². The topological polar surface area (TPSA) is 21.1 Å². The van der Waals surface area contributed by atoms with Gasteiger partial charge in [0.25, 0.3) is 0 Å². The van der Waals surface area contributed by atoms with Crippen LogP contribution in [0.4, 0.5) is 0 Å². The van der Waals surface area contributed by atoms with E-state index >= 15 is 0 Å². The first kappa shape index (κ1) is 15.3. The third-order valence-electron chi connectivity index (χ3n) is 4.62. The second kappa shape index (κ2) is 6.25. The molecule has 1 aliphatic heterocycles. The zero-order chi connectivity index (χ0) is 15.7. The van der Waals surface area contributed by atoms with Gasteiger partial charge in [-0.15, -0.1) is 0 Å². The summed E-state index contributed by atoms with van der Waals surface area (Å²) in [5.74, 6) is 1.75. The Morgan fingerprint density at radius 2 is 1.86 bits per heavy atom. The minimum absolute atomic E-state index is 0.552. The summed E-state index contributed by atoms with van der Waals surface area (Å²) in [5.41, 5.74) is 3.84. The highest BCUT2D eigenvalue weighted by atomic mass is 15.2. The van der Waals surface area contributed by atoms with Crippen molar-refractivity contribution in [2.75, 3.05) is 13.1 Å². The summed E-state index contributed by atoms with van der Waals surface area (Å²) in [5, 5.41) is 0. The van der Waals surface area contributed by atoms with Crippen LogP contribution in [0.1, 0.15) is 49.7 Å².